The zero-order chi connectivity index (χ0) is 19.3. The first-order valence-corrected chi connectivity index (χ1v) is 9.51. The predicted molar refractivity (Wildman–Crippen MR) is 107 cm³/mol. The summed E-state index contributed by atoms with van der Waals surface area (Å²) in [5.41, 5.74) is 3.45. The highest BCUT2D eigenvalue weighted by Gasteiger charge is 2.04. The molecule has 4 nitrogen and oxygen atoms in total. The van der Waals surface area contributed by atoms with Gasteiger partial charge in [0.1, 0.15) is 11.6 Å². The van der Waals surface area contributed by atoms with Crippen LogP contribution in [0.3, 0.4) is 0 Å². The van der Waals surface area contributed by atoms with E-state index in [4.69, 9.17) is 4.74 Å². The fraction of sp³-hybridized carbons (Fsp3) is 0.364. The van der Waals surface area contributed by atoms with E-state index in [9.17, 15) is 9.18 Å². The average molecular weight is 370 g/mol. The smallest absolute Gasteiger partial charge is 0.271 e. The van der Waals surface area contributed by atoms with Crippen LogP contribution >= 0.6 is 0 Å². The first-order valence-electron chi connectivity index (χ1n) is 9.51. The molecule has 2 rings (SSSR count). The van der Waals surface area contributed by atoms with Crippen LogP contribution in [-0.2, 0) is 0 Å². The minimum absolute atomic E-state index is 0.227. The van der Waals surface area contributed by atoms with E-state index in [1.165, 1.54) is 62.6 Å². The Morgan fingerprint density at radius 1 is 1.07 bits per heavy atom. The van der Waals surface area contributed by atoms with Crippen molar-refractivity contribution in [2.75, 3.05) is 6.61 Å². The van der Waals surface area contributed by atoms with Gasteiger partial charge < -0.3 is 4.74 Å². The normalized spacial score (nSPS) is 10.9. The molecule has 0 aliphatic heterocycles. The van der Waals surface area contributed by atoms with Crippen LogP contribution in [0.25, 0.3) is 0 Å². The summed E-state index contributed by atoms with van der Waals surface area (Å²) in [7, 11) is 0. The zero-order valence-electron chi connectivity index (χ0n) is 15.8. The van der Waals surface area contributed by atoms with Crippen molar-refractivity contribution in [1.29, 1.82) is 0 Å². The van der Waals surface area contributed by atoms with Crippen LogP contribution in [0, 0.1) is 5.82 Å². The van der Waals surface area contributed by atoms with Crippen molar-refractivity contribution in [3.05, 3.63) is 65.5 Å². The van der Waals surface area contributed by atoms with Gasteiger partial charge in [-0.1, -0.05) is 45.1 Å². The van der Waals surface area contributed by atoms with E-state index in [0.717, 1.165) is 24.3 Å². The zero-order valence-corrected chi connectivity index (χ0v) is 15.8. The lowest BCUT2D eigenvalue weighted by molar-refractivity contribution is 0.0954. The van der Waals surface area contributed by atoms with Gasteiger partial charge >= 0.3 is 0 Å². The summed E-state index contributed by atoms with van der Waals surface area (Å²) in [6.07, 6.45) is 8.96. The molecule has 1 amide bonds. The van der Waals surface area contributed by atoms with Crippen molar-refractivity contribution in [3.63, 3.8) is 0 Å². The van der Waals surface area contributed by atoms with Crippen LogP contribution in [0.15, 0.2) is 53.6 Å². The predicted octanol–water partition coefficient (Wildman–Crippen LogP) is 5.33. The van der Waals surface area contributed by atoms with E-state index < -0.39 is 11.7 Å². The number of amides is 1. The van der Waals surface area contributed by atoms with Crippen molar-refractivity contribution in [1.82, 2.24) is 5.43 Å². The van der Waals surface area contributed by atoms with E-state index in [-0.39, 0.29) is 5.56 Å². The summed E-state index contributed by atoms with van der Waals surface area (Å²) in [5, 5.41) is 3.90. The number of ether oxygens (including phenoxy) is 1. The monoisotopic (exact) mass is 370 g/mol. The molecule has 27 heavy (non-hydrogen) atoms. The Balaban J connectivity index is 1.70. The van der Waals surface area contributed by atoms with E-state index in [0.29, 0.717) is 0 Å². The lowest BCUT2D eigenvalue weighted by Crippen LogP contribution is -2.17. The quantitative estimate of drug-likeness (QED) is 0.330. The molecular formula is C22H27FN2O2. The second-order valence-electron chi connectivity index (χ2n) is 6.39. The molecule has 0 heterocycles. The lowest BCUT2D eigenvalue weighted by Gasteiger charge is -2.06. The van der Waals surface area contributed by atoms with Gasteiger partial charge in [0, 0.05) is 5.56 Å². The summed E-state index contributed by atoms with van der Waals surface area (Å²) in [6, 6.07) is 13.0. The second-order valence-corrected chi connectivity index (χ2v) is 6.39. The number of hydrogen-bond acceptors (Lipinski definition) is 3. The average Bonchev–Trinajstić information content (AvgIpc) is 2.68. The maximum atomic E-state index is 13.1. The van der Waals surface area contributed by atoms with Gasteiger partial charge in [0.15, 0.2) is 0 Å². The topological polar surface area (TPSA) is 50.7 Å². The minimum Gasteiger partial charge on any atom is -0.494 e. The third-order valence-electron chi connectivity index (χ3n) is 4.11. The molecule has 0 bridgehead atoms. The van der Waals surface area contributed by atoms with Gasteiger partial charge in [0.25, 0.3) is 5.91 Å². The standard InChI is InChI=1S/C22H27FN2O2/c1-2-3-4-5-6-7-15-27-21-13-11-18(12-14-21)17-24-25-22(26)19-9-8-10-20(23)16-19/h8-14,16-17H,2-7,15H2,1H3,(H,25,26)/b24-17-. The highest BCUT2D eigenvalue weighted by Crippen LogP contribution is 2.12. The van der Waals surface area contributed by atoms with Crippen LogP contribution in [0.5, 0.6) is 5.75 Å². The molecule has 0 fully saturated rings. The number of hydrazone groups is 1. The molecule has 2 aromatic rings. The number of halogens is 1. The number of benzene rings is 2. The highest BCUT2D eigenvalue weighted by molar-refractivity contribution is 5.94. The number of carbonyl (C=O) groups is 1. The van der Waals surface area contributed by atoms with Crippen molar-refractivity contribution >= 4 is 12.1 Å². The van der Waals surface area contributed by atoms with Crippen LogP contribution in [0.1, 0.15) is 61.4 Å². The minimum atomic E-state index is -0.455. The molecule has 0 unspecified atom stereocenters. The van der Waals surface area contributed by atoms with Gasteiger partial charge in [-0.3, -0.25) is 4.79 Å². The van der Waals surface area contributed by atoms with Crippen LogP contribution in [-0.4, -0.2) is 18.7 Å². The Labute approximate surface area is 160 Å². The molecule has 0 aromatic heterocycles. The van der Waals surface area contributed by atoms with Crippen LogP contribution in [0.4, 0.5) is 4.39 Å². The molecule has 144 valence electrons. The van der Waals surface area contributed by atoms with Crippen molar-refractivity contribution in [2.24, 2.45) is 5.10 Å². The largest absolute Gasteiger partial charge is 0.494 e. The fourth-order valence-corrected chi connectivity index (χ4v) is 2.58. The third kappa shape index (κ3) is 8.03. The molecule has 5 heteroatoms. The Bertz CT molecular complexity index is 729. The summed E-state index contributed by atoms with van der Waals surface area (Å²) >= 11 is 0. The number of rotatable bonds is 11. The van der Waals surface area contributed by atoms with E-state index in [1.54, 1.807) is 0 Å². The molecule has 0 saturated heterocycles. The molecule has 0 aliphatic carbocycles. The summed E-state index contributed by atoms with van der Waals surface area (Å²) in [6.45, 7) is 2.94. The van der Waals surface area contributed by atoms with Crippen molar-refractivity contribution < 1.29 is 13.9 Å². The molecular weight excluding hydrogens is 343 g/mol. The SMILES string of the molecule is CCCCCCCCOc1ccc(/C=N\NC(=O)c2cccc(F)c2)cc1. The first kappa shape index (κ1) is 20.6. The molecule has 2 aromatic carbocycles. The highest BCUT2D eigenvalue weighted by atomic mass is 19.1. The maximum absolute atomic E-state index is 13.1. The fourth-order valence-electron chi connectivity index (χ4n) is 2.58. The Kier molecular flexibility index (Phi) is 9.04. The molecule has 0 spiro atoms. The van der Waals surface area contributed by atoms with Gasteiger partial charge in [0.05, 0.1) is 12.8 Å². The second kappa shape index (κ2) is 11.8. The summed E-state index contributed by atoms with van der Waals surface area (Å²) in [5.74, 6) is -0.0858. The van der Waals surface area contributed by atoms with E-state index in [1.807, 2.05) is 24.3 Å². The van der Waals surface area contributed by atoms with Crippen molar-refractivity contribution in [3.8, 4) is 5.75 Å². The number of nitrogens with zero attached hydrogens (tertiary/aromatic N) is 1. The molecule has 1 N–H and O–H groups in total. The third-order valence-corrected chi connectivity index (χ3v) is 4.11. The maximum Gasteiger partial charge on any atom is 0.271 e. The van der Waals surface area contributed by atoms with Crippen LogP contribution in [0.2, 0.25) is 0 Å². The molecule has 0 saturated carbocycles. The van der Waals surface area contributed by atoms with Gasteiger partial charge in [-0.05, 0) is 54.4 Å². The van der Waals surface area contributed by atoms with Gasteiger partial charge in [0.2, 0.25) is 0 Å². The van der Waals surface area contributed by atoms with Crippen LogP contribution < -0.4 is 10.2 Å². The number of hydrogen-bond donors (Lipinski definition) is 1. The molecule has 0 atom stereocenters. The molecule has 0 radical (unpaired) electrons. The number of nitrogens with one attached hydrogen (secondary N) is 1. The Hall–Kier alpha value is -2.69. The van der Waals surface area contributed by atoms with E-state index >= 15 is 0 Å². The summed E-state index contributed by atoms with van der Waals surface area (Å²) < 4.78 is 18.8. The number of carbonyl (C=O) groups excluding carboxylic acids is 1. The van der Waals surface area contributed by atoms with Gasteiger partial charge in [-0.2, -0.15) is 5.10 Å². The molecule has 0 aliphatic rings. The van der Waals surface area contributed by atoms with Crippen molar-refractivity contribution in [2.45, 2.75) is 45.4 Å². The Morgan fingerprint density at radius 2 is 1.81 bits per heavy atom. The summed E-state index contributed by atoms with van der Waals surface area (Å²) in [4.78, 5) is 11.9. The Morgan fingerprint density at radius 3 is 2.56 bits per heavy atom. The van der Waals surface area contributed by atoms with Gasteiger partial charge in [-0.25, -0.2) is 9.82 Å². The lowest BCUT2D eigenvalue weighted by atomic mass is 10.1. The van der Waals surface area contributed by atoms with E-state index in [2.05, 4.69) is 17.5 Å². The number of unbranched alkanes of at least 4 members (excludes halogenated alkanes) is 5. The van der Waals surface area contributed by atoms with Gasteiger partial charge in [-0.15, -0.1) is 0 Å². The first-order chi connectivity index (χ1) is 13.2.